The van der Waals surface area contributed by atoms with Crippen LogP contribution in [0.2, 0.25) is 0 Å². The highest BCUT2D eigenvalue weighted by Crippen LogP contribution is 2.58. The van der Waals surface area contributed by atoms with Crippen molar-refractivity contribution in [3.63, 3.8) is 0 Å². The molecular formula is C38H27NO. The maximum absolute atomic E-state index is 6.46. The molecule has 0 N–H and O–H groups in total. The molecule has 1 aromatic heterocycles. The molecule has 4 aromatic rings. The fraction of sp³-hybridized carbons (Fsp3) is 0.0789. The van der Waals surface area contributed by atoms with Crippen molar-refractivity contribution in [2.45, 2.75) is 19.8 Å². The van der Waals surface area contributed by atoms with Gasteiger partial charge in [0.15, 0.2) is 5.58 Å². The van der Waals surface area contributed by atoms with Crippen molar-refractivity contribution in [2.24, 2.45) is 0 Å². The Bertz CT molecular complexity index is 2010. The number of hydrogen-bond acceptors (Lipinski definition) is 2. The summed E-state index contributed by atoms with van der Waals surface area (Å²) in [6, 6.07) is 21.4. The summed E-state index contributed by atoms with van der Waals surface area (Å²) in [6.07, 6.45) is 24.0. The monoisotopic (exact) mass is 513 g/mol. The van der Waals surface area contributed by atoms with E-state index in [2.05, 4.69) is 104 Å². The molecule has 3 aromatic carbocycles. The van der Waals surface area contributed by atoms with Gasteiger partial charge in [0.1, 0.15) is 5.52 Å². The highest BCUT2D eigenvalue weighted by Gasteiger charge is 2.39. The lowest BCUT2D eigenvalue weighted by Crippen LogP contribution is -1.94. The molecule has 4 aliphatic rings. The van der Waals surface area contributed by atoms with Crippen LogP contribution in [0.3, 0.4) is 0 Å². The quantitative estimate of drug-likeness (QED) is 0.272. The van der Waals surface area contributed by atoms with Gasteiger partial charge in [-0.3, -0.25) is 0 Å². The molecule has 0 fully saturated rings. The Kier molecular flexibility index (Phi) is 5.21. The summed E-state index contributed by atoms with van der Waals surface area (Å²) in [4.78, 5) is 5.01. The topological polar surface area (TPSA) is 26.0 Å². The third-order valence-electron chi connectivity index (χ3n) is 8.26. The zero-order valence-electron chi connectivity index (χ0n) is 22.3. The Morgan fingerprint density at radius 2 is 1.50 bits per heavy atom. The number of hydrogen-bond donors (Lipinski definition) is 0. The first-order chi connectivity index (χ1) is 19.8. The van der Waals surface area contributed by atoms with E-state index in [4.69, 9.17) is 9.40 Å². The molecule has 0 atom stereocenters. The van der Waals surface area contributed by atoms with Gasteiger partial charge in [-0.25, -0.2) is 4.98 Å². The molecule has 2 nitrogen and oxygen atoms in total. The second kappa shape index (κ2) is 9.07. The van der Waals surface area contributed by atoms with Gasteiger partial charge in [0.25, 0.3) is 0 Å². The fourth-order valence-electron chi connectivity index (χ4n) is 6.40. The number of para-hydroxylation sites is 2. The Labute approximate surface area is 233 Å². The largest absolute Gasteiger partial charge is 0.436 e. The normalized spacial score (nSPS) is 18.9. The molecule has 0 radical (unpaired) electrons. The van der Waals surface area contributed by atoms with Gasteiger partial charge in [-0.2, -0.15) is 0 Å². The van der Waals surface area contributed by atoms with Gasteiger partial charge < -0.3 is 4.42 Å². The average Bonchev–Trinajstić information content (AvgIpc) is 3.53. The molecule has 0 aliphatic heterocycles. The van der Waals surface area contributed by atoms with Crippen LogP contribution in [-0.4, -0.2) is 4.98 Å². The van der Waals surface area contributed by atoms with E-state index in [1.165, 1.54) is 60.9 Å². The summed E-state index contributed by atoms with van der Waals surface area (Å²) in [5, 5.41) is 2.49. The summed E-state index contributed by atoms with van der Waals surface area (Å²) >= 11 is 0. The predicted octanol–water partition coefficient (Wildman–Crippen LogP) is 9.87. The lowest BCUT2D eigenvalue weighted by Gasteiger charge is -2.13. The van der Waals surface area contributed by atoms with Crippen LogP contribution in [0.4, 0.5) is 0 Å². The number of aromatic nitrogens is 1. The van der Waals surface area contributed by atoms with Crippen LogP contribution in [0.1, 0.15) is 36.8 Å². The lowest BCUT2D eigenvalue weighted by atomic mass is 9.90. The Hall–Kier alpha value is -4.95. The number of benzene rings is 3. The summed E-state index contributed by atoms with van der Waals surface area (Å²) in [5.74, 6) is 0.686. The van der Waals surface area contributed by atoms with Crippen molar-refractivity contribution in [3.05, 3.63) is 166 Å². The van der Waals surface area contributed by atoms with Crippen molar-refractivity contribution in [1.82, 2.24) is 4.98 Å². The lowest BCUT2D eigenvalue weighted by molar-refractivity contribution is 0.585. The fourth-order valence-corrected chi connectivity index (χ4v) is 6.40. The Balaban J connectivity index is 1.48. The van der Waals surface area contributed by atoms with Gasteiger partial charge in [-0.15, -0.1) is 0 Å². The minimum atomic E-state index is 0.686. The second-order valence-corrected chi connectivity index (χ2v) is 10.7. The molecule has 8 rings (SSSR count). The maximum Gasteiger partial charge on any atom is 0.228 e. The van der Waals surface area contributed by atoms with Crippen LogP contribution in [-0.2, 0) is 0 Å². The molecule has 2 heteroatoms. The van der Waals surface area contributed by atoms with Crippen LogP contribution >= 0.6 is 0 Å². The molecule has 190 valence electrons. The van der Waals surface area contributed by atoms with Crippen LogP contribution in [0.5, 0.6) is 0 Å². The number of nitrogens with zero attached hydrogens (tertiary/aromatic N) is 1. The SMILES string of the molecule is CC1=C(/C=C2/C=CC=CC2)C2=C(C3=CCC=CC=C3)c3cc4ccccc4cc3C2=C1c1nc2ccccc2o1. The number of fused-ring (bicyclic) bond motifs is 5. The summed E-state index contributed by atoms with van der Waals surface area (Å²) in [5.41, 5.74) is 14.1. The van der Waals surface area contributed by atoms with E-state index in [1.54, 1.807) is 0 Å². The zero-order chi connectivity index (χ0) is 26.6. The van der Waals surface area contributed by atoms with E-state index in [1.807, 2.05) is 24.3 Å². The molecular weight excluding hydrogens is 486 g/mol. The highest BCUT2D eigenvalue weighted by molar-refractivity contribution is 6.22. The first-order valence-electron chi connectivity index (χ1n) is 13.9. The van der Waals surface area contributed by atoms with Gasteiger partial charge in [-0.1, -0.05) is 97.2 Å². The van der Waals surface area contributed by atoms with E-state index in [-0.39, 0.29) is 0 Å². The van der Waals surface area contributed by atoms with E-state index < -0.39 is 0 Å². The summed E-state index contributed by atoms with van der Waals surface area (Å²) in [6.45, 7) is 2.23. The molecule has 0 amide bonds. The molecule has 0 saturated heterocycles. The molecule has 0 bridgehead atoms. The third-order valence-corrected chi connectivity index (χ3v) is 8.26. The van der Waals surface area contributed by atoms with Crippen molar-refractivity contribution in [2.75, 3.05) is 0 Å². The van der Waals surface area contributed by atoms with Gasteiger partial charge in [0.2, 0.25) is 5.89 Å². The van der Waals surface area contributed by atoms with Gasteiger partial charge in [-0.05, 0) is 99.4 Å². The van der Waals surface area contributed by atoms with E-state index in [0.29, 0.717) is 5.89 Å². The van der Waals surface area contributed by atoms with Crippen molar-refractivity contribution in [3.8, 4) is 0 Å². The smallest absolute Gasteiger partial charge is 0.228 e. The van der Waals surface area contributed by atoms with Crippen LogP contribution in [0.25, 0.3) is 38.6 Å². The molecule has 1 heterocycles. The van der Waals surface area contributed by atoms with Crippen molar-refractivity contribution < 1.29 is 4.42 Å². The molecule has 0 saturated carbocycles. The second-order valence-electron chi connectivity index (χ2n) is 10.7. The number of oxazole rings is 1. The van der Waals surface area contributed by atoms with E-state index in [0.717, 1.165) is 29.5 Å². The number of allylic oxidation sites excluding steroid dienone is 18. The molecule has 0 spiro atoms. The predicted molar refractivity (Wildman–Crippen MR) is 166 cm³/mol. The summed E-state index contributed by atoms with van der Waals surface area (Å²) < 4.78 is 6.46. The minimum absolute atomic E-state index is 0.686. The molecule has 4 aliphatic carbocycles. The standard InChI is InChI=1S/C38H27NO/c1-24-29(21-25-13-5-4-6-14-25)36-35(26-15-7-2-3-8-16-26)30-22-27-17-9-10-18-28(27)23-31(30)37(36)34(24)38-39-32-19-11-12-20-33(32)40-38/h2-7,9-13,15-23H,8,14H2,1H3/b25-21-. The average molecular weight is 514 g/mol. The van der Waals surface area contributed by atoms with Crippen LogP contribution < -0.4 is 0 Å². The Morgan fingerprint density at radius 3 is 2.30 bits per heavy atom. The first kappa shape index (κ1) is 23.0. The third kappa shape index (κ3) is 3.53. The molecule has 40 heavy (non-hydrogen) atoms. The van der Waals surface area contributed by atoms with Crippen LogP contribution in [0.15, 0.2) is 154 Å². The van der Waals surface area contributed by atoms with Crippen molar-refractivity contribution >= 4 is 38.6 Å². The minimum Gasteiger partial charge on any atom is -0.436 e. The number of rotatable bonds is 3. The molecule has 0 unspecified atom stereocenters. The van der Waals surface area contributed by atoms with Crippen LogP contribution in [0, 0.1) is 0 Å². The van der Waals surface area contributed by atoms with Crippen molar-refractivity contribution in [1.29, 1.82) is 0 Å². The van der Waals surface area contributed by atoms with E-state index >= 15 is 0 Å². The summed E-state index contributed by atoms with van der Waals surface area (Å²) in [7, 11) is 0. The Morgan fingerprint density at radius 1 is 0.750 bits per heavy atom. The van der Waals surface area contributed by atoms with Gasteiger partial charge in [0.05, 0.1) is 0 Å². The maximum atomic E-state index is 6.46. The highest BCUT2D eigenvalue weighted by atomic mass is 16.3. The van der Waals surface area contributed by atoms with Gasteiger partial charge >= 0.3 is 0 Å². The zero-order valence-corrected chi connectivity index (χ0v) is 22.3. The van der Waals surface area contributed by atoms with Gasteiger partial charge in [0, 0.05) is 11.1 Å². The first-order valence-corrected chi connectivity index (χ1v) is 13.9. The van der Waals surface area contributed by atoms with E-state index in [9.17, 15) is 0 Å².